The monoisotopic (exact) mass is 498 g/mol. The van der Waals surface area contributed by atoms with Crippen LogP contribution < -0.4 is 5.32 Å². The molecule has 0 saturated heterocycles. The van der Waals surface area contributed by atoms with E-state index in [2.05, 4.69) is 32.2 Å². The molecule has 0 bridgehead atoms. The summed E-state index contributed by atoms with van der Waals surface area (Å²) in [4.78, 5) is 13.8. The normalized spacial score (nSPS) is 15.9. The van der Waals surface area contributed by atoms with Crippen LogP contribution in [0.1, 0.15) is 49.0 Å². The van der Waals surface area contributed by atoms with Gasteiger partial charge in [0, 0.05) is 26.6 Å². The number of hydrogen-bond acceptors (Lipinski definition) is 4. The number of fused-ring (bicyclic) bond motifs is 1. The van der Waals surface area contributed by atoms with E-state index in [1.54, 1.807) is 36.4 Å². The van der Waals surface area contributed by atoms with Gasteiger partial charge in [-0.05, 0) is 72.6 Å². The first-order valence-electron chi connectivity index (χ1n) is 10.7. The molecule has 0 radical (unpaired) electrons. The maximum absolute atomic E-state index is 12.6. The van der Waals surface area contributed by atoms with Crippen LogP contribution in [0, 0.1) is 22.7 Å². The van der Waals surface area contributed by atoms with E-state index in [0.29, 0.717) is 38.0 Å². The molecule has 1 N–H and O–H groups in total. The molecule has 1 atom stereocenters. The van der Waals surface area contributed by atoms with Crippen LogP contribution in [0.4, 0.5) is 5.00 Å². The Bertz CT molecular complexity index is 1250. The molecule has 1 aliphatic rings. The van der Waals surface area contributed by atoms with Gasteiger partial charge in [-0.15, -0.1) is 11.3 Å². The first-order valence-corrected chi connectivity index (χ1v) is 12.3. The highest BCUT2D eigenvalue weighted by atomic mass is 35.5. The highest BCUT2D eigenvalue weighted by Gasteiger charge is 2.32. The number of halogens is 2. The summed E-state index contributed by atoms with van der Waals surface area (Å²) < 4.78 is 5.80. The second-order valence-electron chi connectivity index (χ2n) is 9.31. The number of carbonyl (C=O) groups is 1. The Kier molecular flexibility index (Phi) is 6.72. The zero-order chi connectivity index (χ0) is 23.8. The van der Waals surface area contributed by atoms with Gasteiger partial charge in [-0.3, -0.25) is 4.79 Å². The van der Waals surface area contributed by atoms with Gasteiger partial charge in [0.1, 0.15) is 22.6 Å². The molecule has 33 heavy (non-hydrogen) atoms. The molecule has 0 aliphatic heterocycles. The summed E-state index contributed by atoms with van der Waals surface area (Å²) in [7, 11) is 0. The fourth-order valence-corrected chi connectivity index (χ4v) is 5.94. The summed E-state index contributed by atoms with van der Waals surface area (Å²) in [6.07, 6.45) is 5.90. The highest BCUT2D eigenvalue weighted by Crippen LogP contribution is 2.44. The van der Waals surface area contributed by atoms with Gasteiger partial charge in [0.25, 0.3) is 0 Å². The number of rotatable bonds is 4. The third-order valence-electron chi connectivity index (χ3n) is 6.01. The second kappa shape index (κ2) is 9.38. The van der Waals surface area contributed by atoms with Gasteiger partial charge < -0.3 is 9.73 Å². The van der Waals surface area contributed by atoms with Gasteiger partial charge in [-0.25, -0.2) is 0 Å². The quantitative estimate of drug-likeness (QED) is 0.370. The molecule has 2 aromatic heterocycles. The number of furan rings is 1. The van der Waals surface area contributed by atoms with Gasteiger partial charge in [-0.2, -0.15) is 5.26 Å². The van der Waals surface area contributed by atoms with Crippen molar-refractivity contribution in [1.29, 1.82) is 5.26 Å². The number of benzene rings is 1. The number of nitrogens with zero attached hydrogens (tertiary/aromatic N) is 1. The molecule has 4 rings (SSSR count). The number of nitriles is 1. The van der Waals surface area contributed by atoms with E-state index < -0.39 is 0 Å². The van der Waals surface area contributed by atoms with Gasteiger partial charge >= 0.3 is 0 Å². The number of hydrogen-bond donors (Lipinski definition) is 1. The first-order chi connectivity index (χ1) is 15.6. The molecule has 4 nitrogen and oxygen atoms in total. The molecular weight excluding hydrogens is 475 g/mol. The van der Waals surface area contributed by atoms with Crippen molar-refractivity contribution in [3.05, 3.63) is 68.2 Å². The van der Waals surface area contributed by atoms with Crippen LogP contribution in [0.15, 0.2) is 40.8 Å². The Morgan fingerprint density at radius 3 is 2.64 bits per heavy atom. The van der Waals surface area contributed by atoms with Crippen LogP contribution in [0.25, 0.3) is 17.4 Å². The standard InChI is InChI=1S/C26H24Cl2N2O2S/c1-26(2,3)16-4-7-20-21(14-29)25(33-23(20)12-16)30-24(31)9-6-19-5-8-22(32-19)15-10-17(27)13-18(28)11-15/h5-6,8-11,13,16H,4,7,12H2,1-3H3,(H,30,31)/b9-6+. The molecule has 7 heteroatoms. The number of thiophene rings is 1. The molecule has 1 unspecified atom stereocenters. The lowest BCUT2D eigenvalue weighted by Gasteiger charge is -2.33. The van der Waals surface area contributed by atoms with E-state index in [9.17, 15) is 10.1 Å². The SMILES string of the molecule is CC(C)(C)C1CCc2c(sc(NC(=O)/C=C/c3ccc(-c4cc(Cl)cc(Cl)c4)o3)c2C#N)C1. The van der Waals surface area contributed by atoms with E-state index >= 15 is 0 Å². The van der Waals surface area contributed by atoms with Crippen LogP contribution in [0.2, 0.25) is 10.0 Å². The third-order valence-corrected chi connectivity index (χ3v) is 7.62. The smallest absolute Gasteiger partial charge is 0.249 e. The van der Waals surface area contributed by atoms with E-state index in [1.165, 1.54) is 22.3 Å². The molecular formula is C26H24Cl2N2O2S. The minimum atomic E-state index is -0.304. The zero-order valence-electron chi connectivity index (χ0n) is 18.7. The lowest BCUT2D eigenvalue weighted by atomic mass is 9.72. The summed E-state index contributed by atoms with van der Waals surface area (Å²) >= 11 is 13.7. The van der Waals surface area contributed by atoms with Crippen LogP contribution >= 0.6 is 34.5 Å². The third kappa shape index (κ3) is 5.35. The van der Waals surface area contributed by atoms with Crippen molar-refractivity contribution in [3.63, 3.8) is 0 Å². The van der Waals surface area contributed by atoms with E-state index in [-0.39, 0.29) is 11.3 Å². The van der Waals surface area contributed by atoms with Crippen LogP contribution in [0.3, 0.4) is 0 Å². The molecule has 0 saturated carbocycles. The number of carbonyl (C=O) groups excluding carboxylic acids is 1. The van der Waals surface area contributed by atoms with Crippen LogP contribution in [-0.4, -0.2) is 5.91 Å². The minimum Gasteiger partial charge on any atom is -0.457 e. The Morgan fingerprint density at radius 1 is 1.24 bits per heavy atom. The maximum atomic E-state index is 12.6. The molecule has 1 aliphatic carbocycles. The molecule has 170 valence electrons. The fourth-order valence-electron chi connectivity index (χ4n) is 4.14. The predicted octanol–water partition coefficient (Wildman–Crippen LogP) is 7.99. The van der Waals surface area contributed by atoms with Crippen LogP contribution in [0.5, 0.6) is 0 Å². The lowest BCUT2D eigenvalue weighted by molar-refractivity contribution is -0.111. The number of anilines is 1. The van der Waals surface area contributed by atoms with Crippen molar-refractivity contribution >= 4 is 51.5 Å². The Balaban J connectivity index is 1.47. The molecule has 0 spiro atoms. The summed E-state index contributed by atoms with van der Waals surface area (Å²) in [6, 6.07) is 11.0. The summed E-state index contributed by atoms with van der Waals surface area (Å²) in [5.74, 6) is 1.39. The van der Waals surface area contributed by atoms with Crippen molar-refractivity contribution in [2.75, 3.05) is 5.32 Å². The first kappa shape index (κ1) is 23.6. The average Bonchev–Trinajstić information content (AvgIpc) is 3.34. The van der Waals surface area contributed by atoms with E-state index in [4.69, 9.17) is 27.6 Å². The van der Waals surface area contributed by atoms with Gasteiger partial charge in [0.15, 0.2) is 0 Å². The number of nitrogens with one attached hydrogen (secondary N) is 1. The second-order valence-corrected chi connectivity index (χ2v) is 11.3. The van der Waals surface area contributed by atoms with E-state index in [0.717, 1.165) is 30.4 Å². The van der Waals surface area contributed by atoms with Crippen molar-refractivity contribution in [1.82, 2.24) is 0 Å². The van der Waals surface area contributed by atoms with Crippen molar-refractivity contribution in [2.24, 2.45) is 11.3 Å². The highest BCUT2D eigenvalue weighted by molar-refractivity contribution is 7.16. The summed E-state index contributed by atoms with van der Waals surface area (Å²) in [5.41, 5.74) is 2.67. The van der Waals surface area contributed by atoms with Crippen LogP contribution in [-0.2, 0) is 17.6 Å². The van der Waals surface area contributed by atoms with Crippen molar-refractivity contribution in [2.45, 2.75) is 40.0 Å². The minimum absolute atomic E-state index is 0.221. The summed E-state index contributed by atoms with van der Waals surface area (Å²) in [6.45, 7) is 6.78. The van der Waals surface area contributed by atoms with Crippen molar-refractivity contribution in [3.8, 4) is 17.4 Å². The average molecular weight is 499 g/mol. The molecule has 1 amide bonds. The Hall–Kier alpha value is -2.52. The van der Waals surface area contributed by atoms with Gasteiger partial charge in [0.05, 0.1) is 5.56 Å². The fraction of sp³-hybridized carbons (Fsp3) is 0.308. The predicted molar refractivity (Wildman–Crippen MR) is 136 cm³/mol. The molecule has 1 aromatic carbocycles. The Morgan fingerprint density at radius 2 is 1.97 bits per heavy atom. The largest absolute Gasteiger partial charge is 0.457 e. The molecule has 3 aromatic rings. The topological polar surface area (TPSA) is 66.0 Å². The molecule has 0 fully saturated rings. The van der Waals surface area contributed by atoms with Gasteiger partial charge in [-0.1, -0.05) is 44.0 Å². The zero-order valence-corrected chi connectivity index (χ0v) is 21.0. The molecule has 2 heterocycles. The Labute approximate surface area is 207 Å². The number of amides is 1. The van der Waals surface area contributed by atoms with Gasteiger partial charge in [0.2, 0.25) is 5.91 Å². The summed E-state index contributed by atoms with van der Waals surface area (Å²) in [5, 5.41) is 14.3. The lowest BCUT2D eigenvalue weighted by Crippen LogP contribution is -2.26. The maximum Gasteiger partial charge on any atom is 0.249 e. The van der Waals surface area contributed by atoms with E-state index in [1.807, 2.05) is 0 Å². The van der Waals surface area contributed by atoms with Crippen molar-refractivity contribution < 1.29 is 9.21 Å².